The van der Waals surface area contributed by atoms with Gasteiger partial charge >= 0.3 is 0 Å². The van der Waals surface area contributed by atoms with E-state index in [0.29, 0.717) is 27.5 Å². The molecule has 11 rings (SSSR count). The van der Waals surface area contributed by atoms with Crippen LogP contribution in [0.15, 0.2) is 198 Å². The number of hydrogen-bond acceptors (Lipinski definition) is 1. The van der Waals surface area contributed by atoms with Gasteiger partial charge in [-0.05, 0) is 100 Å². The zero-order valence-electron chi connectivity index (χ0n) is 46.4. The summed E-state index contributed by atoms with van der Waals surface area (Å²) in [5.41, 5.74) is 0.328. The first-order chi connectivity index (χ1) is 34.2. The van der Waals surface area contributed by atoms with Crippen molar-refractivity contribution < 1.29 is 30.5 Å². The highest BCUT2D eigenvalue weighted by molar-refractivity contribution is 6.22. The van der Waals surface area contributed by atoms with Crippen molar-refractivity contribution in [2.45, 2.75) is 0 Å². The topological polar surface area (TPSA) is 13.1 Å². The maximum Gasteiger partial charge on any atom is 0.143 e. The van der Waals surface area contributed by atoms with Gasteiger partial charge in [0.15, 0.2) is 0 Å². The highest BCUT2D eigenvalue weighted by Crippen LogP contribution is 2.45. The van der Waals surface area contributed by atoms with E-state index in [1.807, 2.05) is 60.7 Å². The molecule has 0 unspecified atom stereocenters. The second-order valence-electron chi connectivity index (χ2n) is 12.5. The summed E-state index contributed by atoms with van der Waals surface area (Å²) < 4.78 is 180. The fraction of sp³-hybridized carbons (Fsp3) is 0. The summed E-state index contributed by atoms with van der Waals surface area (Å²) in [4.78, 5) is 0. The van der Waals surface area contributed by atoms with Crippen LogP contribution in [0.3, 0.4) is 0 Å². The van der Waals surface area contributed by atoms with Gasteiger partial charge in [-0.2, -0.15) is 0 Å². The lowest BCUT2D eigenvalue weighted by Crippen LogP contribution is -1.90. The summed E-state index contributed by atoms with van der Waals surface area (Å²) in [5.74, 6) is 0. The summed E-state index contributed by atoms with van der Waals surface area (Å²) in [6.45, 7) is 0. The van der Waals surface area contributed by atoms with Crippen molar-refractivity contribution in [1.29, 1.82) is 0 Å². The molecule has 0 radical (unpaired) electrons. The SMILES string of the molecule is [2H]c1c([2H])c([2H])c(-c2c3c([2H])c([2H])c([2H])c([2H])c3c(-c3c([2H])c([2H])c4c([2H])c(-c5cccc6oc7c(-c8cccc9ccccc89)cccc7c56)c([2H])c([2H])c4c3[2H])c3c([2H])c([2H])c([2H])c([2H])c23)c([2H])c1[2H]. The first-order valence-electron chi connectivity index (χ1n) is 26.2. The Morgan fingerprint density at radius 2 is 0.906 bits per heavy atom. The Balaban J connectivity index is 1.27. The van der Waals surface area contributed by atoms with Gasteiger partial charge in [-0.15, -0.1) is 0 Å². The van der Waals surface area contributed by atoms with Crippen LogP contribution < -0.4 is 0 Å². The van der Waals surface area contributed by atoms with Crippen LogP contribution in [0.2, 0.25) is 0 Å². The molecule has 11 aromatic rings. The Labute approximate surface area is 333 Å². The van der Waals surface area contributed by atoms with Crippen LogP contribution in [-0.2, 0) is 0 Å². The molecule has 0 amide bonds. The third kappa shape index (κ3) is 4.64. The van der Waals surface area contributed by atoms with E-state index in [2.05, 4.69) is 0 Å². The summed E-state index contributed by atoms with van der Waals surface area (Å²) >= 11 is 0. The van der Waals surface area contributed by atoms with Crippen LogP contribution >= 0.6 is 0 Å². The summed E-state index contributed by atoms with van der Waals surface area (Å²) in [6, 6.07) is 9.28. The number of benzene rings is 10. The molecule has 1 nitrogen and oxygen atoms in total. The van der Waals surface area contributed by atoms with Crippen molar-refractivity contribution >= 4 is 65.0 Å². The number of para-hydroxylation sites is 1. The Morgan fingerprint density at radius 1 is 0.358 bits per heavy atom. The maximum absolute atomic E-state index is 9.84. The highest BCUT2D eigenvalue weighted by Gasteiger charge is 2.19. The molecule has 246 valence electrons. The van der Waals surface area contributed by atoms with Crippen molar-refractivity contribution in [2.24, 2.45) is 0 Å². The van der Waals surface area contributed by atoms with Crippen LogP contribution in [0.4, 0.5) is 0 Å². The standard InChI is InChI=1S/C52H32O/c1-2-14-34(15-3-1)49-42-18-6-8-20-44(42)50(45-21-9-7-19-43(45)49)38-30-28-35-31-37(29-27-36(35)32-38)40-22-12-26-48-51(40)47-25-11-24-46(52(47)53-48)41-23-10-16-33-13-4-5-17-39(33)41/h1-32H/i1D,2D,3D,6D,7D,8D,9D,14D,15D,18D,19D,20D,21D,27D,28D,29D,30D,31D,32D. The number of fused-ring (bicyclic) bond motifs is 7. The van der Waals surface area contributed by atoms with E-state index in [4.69, 9.17) is 16.8 Å². The molecule has 0 saturated carbocycles. The molecule has 0 fully saturated rings. The zero-order chi connectivity index (χ0) is 51.4. The summed E-state index contributed by atoms with van der Waals surface area (Å²) in [6.07, 6.45) is 0. The second-order valence-corrected chi connectivity index (χ2v) is 12.5. The minimum atomic E-state index is -0.871. The van der Waals surface area contributed by atoms with E-state index in [1.165, 1.54) is 0 Å². The third-order valence-electron chi connectivity index (χ3n) is 9.62. The number of rotatable bonds is 4. The molecule has 53 heavy (non-hydrogen) atoms. The first-order valence-corrected chi connectivity index (χ1v) is 16.7. The molecular weight excluding hydrogens is 641 g/mol. The molecule has 0 saturated heterocycles. The van der Waals surface area contributed by atoms with Gasteiger partial charge in [-0.25, -0.2) is 0 Å². The quantitative estimate of drug-likeness (QED) is 0.167. The smallest absolute Gasteiger partial charge is 0.143 e. The molecule has 1 aromatic heterocycles. The van der Waals surface area contributed by atoms with Gasteiger partial charge in [0, 0.05) is 16.3 Å². The van der Waals surface area contributed by atoms with Crippen molar-refractivity contribution in [2.75, 3.05) is 0 Å². The number of hydrogen-bond donors (Lipinski definition) is 0. The lowest BCUT2D eigenvalue weighted by atomic mass is 9.85. The minimum Gasteiger partial charge on any atom is -0.455 e. The Kier molecular flexibility index (Phi) is 3.69. The minimum absolute atomic E-state index is 0.112. The maximum atomic E-state index is 9.84. The summed E-state index contributed by atoms with van der Waals surface area (Å²) in [7, 11) is 0. The van der Waals surface area contributed by atoms with Crippen molar-refractivity contribution in [3.63, 3.8) is 0 Å². The van der Waals surface area contributed by atoms with Crippen LogP contribution in [0.25, 0.3) is 110 Å². The van der Waals surface area contributed by atoms with Crippen LogP contribution in [0.5, 0.6) is 0 Å². The van der Waals surface area contributed by atoms with Crippen LogP contribution in [0, 0.1) is 0 Å². The molecule has 0 aliphatic rings. The first kappa shape index (κ1) is 16.6. The van der Waals surface area contributed by atoms with Crippen molar-refractivity contribution in [3.05, 3.63) is 194 Å². The number of furan rings is 1. The molecule has 0 bridgehead atoms. The van der Waals surface area contributed by atoms with Gasteiger partial charge in [-0.1, -0.05) is 176 Å². The van der Waals surface area contributed by atoms with Gasteiger partial charge in [0.25, 0.3) is 0 Å². The van der Waals surface area contributed by atoms with E-state index in [9.17, 15) is 13.7 Å². The van der Waals surface area contributed by atoms with E-state index >= 15 is 0 Å². The van der Waals surface area contributed by atoms with Gasteiger partial charge in [0.05, 0.1) is 26.0 Å². The predicted octanol–water partition coefficient (Wildman–Crippen LogP) is 14.9. The largest absolute Gasteiger partial charge is 0.455 e. The van der Waals surface area contributed by atoms with Gasteiger partial charge in [0.2, 0.25) is 0 Å². The van der Waals surface area contributed by atoms with Gasteiger partial charge < -0.3 is 4.42 Å². The van der Waals surface area contributed by atoms with Gasteiger partial charge in [0.1, 0.15) is 11.2 Å². The van der Waals surface area contributed by atoms with Crippen LogP contribution in [-0.4, -0.2) is 0 Å². The van der Waals surface area contributed by atoms with Crippen molar-refractivity contribution in [3.8, 4) is 44.5 Å². The average molecular weight is 692 g/mol. The fourth-order valence-electron chi connectivity index (χ4n) is 7.36. The fourth-order valence-corrected chi connectivity index (χ4v) is 7.36. The molecule has 1 heteroatoms. The normalized spacial score (nSPS) is 16.8. The van der Waals surface area contributed by atoms with Gasteiger partial charge in [-0.3, -0.25) is 0 Å². The third-order valence-corrected chi connectivity index (χ3v) is 9.62. The molecule has 0 atom stereocenters. The monoisotopic (exact) mass is 691 g/mol. The molecule has 0 aliphatic heterocycles. The lowest BCUT2D eigenvalue weighted by molar-refractivity contribution is 0.670. The van der Waals surface area contributed by atoms with Crippen molar-refractivity contribution in [1.82, 2.24) is 0 Å². The van der Waals surface area contributed by atoms with E-state index < -0.39 is 164 Å². The molecule has 10 aromatic carbocycles. The lowest BCUT2D eigenvalue weighted by Gasteiger charge is -2.18. The molecule has 0 spiro atoms. The molecule has 0 N–H and O–H groups in total. The molecule has 0 aliphatic carbocycles. The second kappa shape index (κ2) is 11.8. The Morgan fingerprint density at radius 3 is 1.66 bits per heavy atom. The molecule has 1 heterocycles. The van der Waals surface area contributed by atoms with E-state index in [0.717, 1.165) is 21.9 Å². The average Bonchev–Trinajstić information content (AvgIpc) is 3.77. The zero-order valence-corrected chi connectivity index (χ0v) is 27.4. The highest BCUT2D eigenvalue weighted by atomic mass is 16.3. The van der Waals surface area contributed by atoms with E-state index in [-0.39, 0.29) is 10.9 Å². The Hall–Kier alpha value is -6.96. The molecular formula is C52H32O. The van der Waals surface area contributed by atoms with Crippen LogP contribution in [0.1, 0.15) is 26.0 Å². The summed E-state index contributed by atoms with van der Waals surface area (Å²) in [5, 5.41) is -0.0744. The van der Waals surface area contributed by atoms with E-state index in [1.54, 1.807) is 18.2 Å². The Bertz CT molecular complexity index is 4220. The predicted molar refractivity (Wildman–Crippen MR) is 225 cm³/mol.